The van der Waals surface area contributed by atoms with E-state index in [-0.39, 0.29) is 5.75 Å². The van der Waals surface area contributed by atoms with Crippen LogP contribution in [0.25, 0.3) is 5.69 Å². The number of nitrogens with zero attached hydrogens (tertiary/aromatic N) is 2. The molecule has 100 valence electrons. The van der Waals surface area contributed by atoms with Crippen molar-refractivity contribution in [1.82, 2.24) is 9.55 Å². The number of benzene rings is 1. The van der Waals surface area contributed by atoms with Crippen LogP contribution >= 0.6 is 11.8 Å². The second-order valence-corrected chi connectivity index (χ2v) is 4.63. The van der Waals surface area contributed by atoms with Crippen molar-refractivity contribution in [3.63, 3.8) is 0 Å². The molecular formula is C13H14N2O3S. The van der Waals surface area contributed by atoms with Crippen LogP contribution in [0.4, 0.5) is 0 Å². The molecule has 19 heavy (non-hydrogen) atoms. The Morgan fingerprint density at radius 2 is 2.16 bits per heavy atom. The van der Waals surface area contributed by atoms with E-state index in [0.29, 0.717) is 11.8 Å². The Balaban J connectivity index is 2.17. The minimum Gasteiger partial charge on any atom is -0.494 e. The van der Waals surface area contributed by atoms with E-state index in [1.807, 2.05) is 35.8 Å². The smallest absolute Gasteiger partial charge is 0.313 e. The summed E-state index contributed by atoms with van der Waals surface area (Å²) in [5.74, 6) is -0.0500. The van der Waals surface area contributed by atoms with E-state index in [2.05, 4.69) is 4.98 Å². The zero-order chi connectivity index (χ0) is 13.7. The maximum Gasteiger partial charge on any atom is 0.313 e. The van der Waals surface area contributed by atoms with Gasteiger partial charge < -0.3 is 9.84 Å². The Labute approximate surface area is 115 Å². The van der Waals surface area contributed by atoms with E-state index in [9.17, 15) is 4.79 Å². The second-order valence-electron chi connectivity index (χ2n) is 3.69. The highest BCUT2D eigenvalue weighted by molar-refractivity contribution is 7.99. The van der Waals surface area contributed by atoms with Crippen LogP contribution in [-0.2, 0) is 4.79 Å². The molecule has 0 unspecified atom stereocenters. The summed E-state index contributed by atoms with van der Waals surface area (Å²) >= 11 is 1.19. The van der Waals surface area contributed by atoms with Gasteiger partial charge >= 0.3 is 5.97 Å². The fourth-order valence-corrected chi connectivity index (χ4v) is 2.28. The Morgan fingerprint density at radius 3 is 2.79 bits per heavy atom. The van der Waals surface area contributed by atoms with Gasteiger partial charge in [0.2, 0.25) is 0 Å². The highest BCUT2D eigenvalue weighted by Crippen LogP contribution is 2.22. The molecule has 6 heteroatoms. The maximum absolute atomic E-state index is 10.6. The van der Waals surface area contributed by atoms with Gasteiger partial charge in [0.05, 0.1) is 12.4 Å². The van der Waals surface area contributed by atoms with Crippen LogP contribution in [0.1, 0.15) is 6.92 Å². The van der Waals surface area contributed by atoms with Gasteiger partial charge in [-0.3, -0.25) is 9.36 Å². The molecule has 0 amide bonds. The Morgan fingerprint density at radius 1 is 1.42 bits per heavy atom. The van der Waals surface area contributed by atoms with Gasteiger partial charge in [-0.2, -0.15) is 0 Å². The lowest BCUT2D eigenvalue weighted by molar-refractivity contribution is -0.133. The monoisotopic (exact) mass is 278 g/mol. The predicted octanol–water partition coefficient (Wildman–Crippen LogP) is 2.45. The molecule has 2 rings (SSSR count). The van der Waals surface area contributed by atoms with Gasteiger partial charge in [-0.05, 0) is 31.2 Å². The first kappa shape index (κ1) is 13.5. The molecule has 0 aliphatic heterocycles. The quantitative estimate of drug-likeness (QED) is 0.822. The zero-order valence-electron chi connectivity index (χ0n) is 10.4. The van der Waals surface area contributed by atoms with Gasteiger partial charge in [0.25, 0.3) is 0 Å². The van der Waals surface area contributed by atoms with Crippen molar-refractivity contribution < 1.29 is 14.6 Å². The van der Waals surface area contributed by atoms with Crippen LogP contribution in [0.2, 0.25) is 0 Å². The standard InChI is InChI=1S/C13H14N2O3S/c1-2-18-11-5-3-10(4-6-11)15-8-7-14-13(15)19-9-12(16)17/h3-8H,2,9H2,1H3,(H,16,17). The molecule has 1 aromatic heterocycles. The first-order valence-electron chi connectivity index (χ1n) is 5.82. The minimum absolute atomic E-state index is 0.00591. The third-order valence-corrected chi connectivity index (χ3v) is 3.31. The normalized spacial score (nSPS) is 10.4. The van der Waals surface area contributed by atoms with Crippen LogP contribution in [0.5, 0.6) is 5.75 Å². The molecule has 5 nitrogen and oxygen atoms in total. The number of carboxylic acid groups (broad SMARTS) is 1. The van der Waals surface area contributed by atoms with Gasteiger partial charge in [-0.1, -0.05) is 11.8 Å². The summed E-state index contributed by atoms with van der Waals surface area (Å²) in [4.78, 5) is 14.7. The van der Waals surface area contributed by atoms with Crippen molar-refractivity contribution in [2.75, 3.05) is 12.4 Å². The number of carbonyl (C=O) groups is 1. The summed E-state index contributed by atoms with van der Waals surface area (Å²) in [5, 5.41) is 9.35. The molecule has 0 aliphatic rings. The number of hydrogen-bond donors (Lipinski definition) is 1. The maximum atomic E-state index is 10.6. The fourth-order valence-electron chi connectivity index (χ4n) is 1.59. The van der Waals surface area contributed by atoms with Crippen molar-refractivity contribution >= 4 is 17.7 Å². The molecule has 0 radical (unpaired) electrons. The molecule has 1 N–H and O–H groups in total. The van der Waals surface area contributed by atoms with Crippen LogP contribution in [0, 0.1) is 0 Å². The number of hydrogen-bond acceptors (Lipinski definition) is 4. The Hall–Kier alpha value is -1.95. The second kappa shape index (κ2) is 6.29. The molecule has 0 saturated carbocycles. The van der Waals surface area contributed by atoms with Gasteiger partial charge in [0, 0.05) is 18.1 Å². The Bertz CT molecular complexity index is 551. The zero-order valence-corrected chi connectivity index (χ0v) is 11.3. The highest BCUT2D eigenvalue weighted by Gasteiger charge is 2.08. The number of aromatic nitrogens is 2. The number of rotatable bonds is 6. The van der Waals surface area contributed by atoms with E-state index < -0.39 is 5.97 Å². The summed E-state index contributed by atoms with van der Waals surface area (Å²) in [6.07, 6.45) is 3.46. The lowest BCUT2D eigenvalue weighted by Crippen LogP contribution is -2.01. The molecule has 1 heterocycles. The summed E-state index contributed by atoms with van der Waals surface area (Å²) in [6, 6.07) is 7.59. The summed E-state index contributed by atoms with van der Waals surface area (Å²) < 4.78 is 7.23. The van der Waals surface area contributed by atoms with Crippen LogP contribution in [0.3, 0.4) is 0 Å². The van der Waals surface area contributed by atoms with Crippen molar-refractivity contribution in [3.8, 4) is 11.4 Å². The van der Waals surface area contributed by atoms with Crippen molar-refractivity contribution in [2.24, 2.45) is 0 Å². The first-order chi connectivity index (χ1) is 9.20. The summed E-state index contributed by atoms with van der Waals surface area (Å²) in [5.41, 5.74) is 0.925. The summed E-state index contributed by atoms with van der Waals surface area (Å²) in [6.45, 7) is 2.56. The van der Waals surface area contributed by atoms with Crippen LogP contribution < -0.4 is 4.74 Å². The number of thioether (sulfide) groups is 1. The highest BCUT2D eigenvalue weighted by atomic mass is 32.2. The van der Waals surface area contributed by atoms with E-state index in [0.717, 1.165) is 11.4 Å². The lowest BCUT2D eigenvalue weighted by atomic mass is 10.3. The van der Waals surface area contributed by atoms with Gasteiger partial charge in [-0.25, -0.2) is 4.98 Å². The minimum atomic E-state index is -0.855. The molecule has 0 spiro atoms. The topological polar surface area (TPSA) is 64.4 Å². The molecule has 2 aromatic rings. The summed E-state index contributed by atoms with van der Waals surface area (Å²) in [7, 11) is 0. The van der Waals surface area contributed by atoms with Crippen molar-refractivity contribution in [2.45, 2.75) is 12.1 Å². The van der Waals surface area contributed by atoms with E-state index in [4.69, 9.17) is 9.84 Å². The first-order valence-corrected chi connectivity index (χ1v) is 6.80. The molecule has 0 bridgehead atoms. The van der Waals surface area contributed by atoms with E-state index in [1.165, 1.54) is 11.8 Å². The van der Waals surface area contributed by atoms with Crippen molar-refractivity contribution in [3.05, 3.63) is 36.7 Å². The third kappa shape index (κ3) is 3.51. The Kier molecular flexibility index (Phi) is 4.46. The number of aliphatic carboxylic acids is 1. The molecular weight excluding hydrogens is 264 g/mol. The third-order valence-electron chi connectivity index (χ3n) is 2.36. The predicted molar refractivity (Wildman–Crippen MR) is 73.1 cm³/mol. The molecule has 0 atom stereocenters. The molecule has 0 saturated heterocycles. The average Bonchev–Trinajstić information content (AvgIpc) is 2.86. The number of carboxylic acids is 1. The molecule has 1 aromatic carbocycles. The van der Waals surface area contributed by atoms with Crippen LogP contribution in [-0.4, -0.2) is 33.0 Å². The largest absolute Gasteiger partial charge is 0.494 e. The van der Waals surface area contributed by atoms with Crippen LogP contribution in [0.15, 0.2) is 41.8 Å². The lowest BCUT2D eigenvalue weighted by Gasteiger charge is -2.08. The van der Waals surface area contributed by atoms with Crippen molar-refractivity contribution in [1.29, 1.82) is 0 Å². The number of ether oxygens (including phenoxy) is 1. The SMILES string of the molecule is CCOc1ccc(-n2ccnc2SCC(=O)O)cc1. The van der Waals surface area contributed by atoms with Gasteiger partial charge in [0.1, 0.15) is 5.75 Å². The number of imidazole rings is 1. The van der Waals surface area contributed by atoms with E-state index in [1.54, 1.807) is 12.4 Å². The molecule has 0 aliphatic carbocycles. The fraction of sp³-hybridized carbons (Fsp3) is 0.231. The molecule has 0 fully saturated rings. The van der Waals surface area contributed by atoms with Gasteiger partial charge in [0.15, 0.2) is 5.16 Å². The average molecular weight is 278 g/mol. The van der Waals surface area contributed by atoms with E-state index >= 15 is 0 Å². The van der Waals surface area contributed by atoms with Gasteiger partial charge in [-0.15, -0.1) is 0 Å².